The third kappa shape index (κ3) is 8.38. The third-order valence-electron chi connectivity index (χ3n) is 6.14. The highest BCUT2D eigenvalue weighted by Crippen LogP contribution is 2.28. The topological polar surface area (TPSA) is 81.5 Å². The molecule has 0 saturated heterocycles. The van der Waals surface area contributed by atoms with Gasteiger partial charge in [0, 0.05) is 12.1 Å². The zero-order valence-electron chi connectivity index (χ0n) is 22.9. The predicted molar refractivity (Wildman–Crippen MR) is 145 cm³/mol. The molecule has 1 heterocycles. The number of ether oxygens (including phenoxy) is 3. The maximum Gasteiger partial charge on any atom is 0.249 e. The molecule has 0 radical (unpaired) electrons. The molecule has 0 aliphatic carbocycles. The Morgan fingerprint density at radius 2 is 1.61 bits per heavy atom. The standard InChI is InChI=1S/C30H38N2O6/c1-30(2,3)32(29(34)22-37-21-24-10-7-6-8-11-24)20-28(33)31(19-25-12-9-17-38-25)16-15-23-13-14-26(35-4)27(18-23)36-5/h6-14,17-18H,15-16,19-22H2,1-5H3. The largest absolute Gasteiger partial charge is 0.493 e. The van der Waals surface area contributed by atoms with Gasteiger partial charge in [0.2, 0.25) is 11.8 Å². The van der Waals surface area contributed by atoms with E-state index in [0.29, 0.717) is 43.4 Å². The molecule has 0 unspecified atom stereocenters. The van der Waals surface area contributed by atoms with Crippen molar-refractivity contribution < 1.29 is 28.2 Å². The van der Waals surface area contributed by atoms with Crippen molar-refractivity contribution in [2.24, 2.45) is 0 Å². The highest BCUT2D eigenvalue weighted by molar-refractivity contribution is 5.86. The number of amides is 2. The normalized spacial score (nSPS) is 11.2. The molecule has 2 amide bonds. The van der Waals surface area contributed by atoms with E-state index >= 15 is 0 Å². The van der Waals surface area contributed by atoms with Crippen LogP contribution in [-0.4, -0.2) is 61.1 Å². The summed E-state index contributed by atoms with van der Waals surface area (Å²) >= 11 is 0. The third-order valence-corrected chi connectivity index (χ3v) is 6.14. The van der Waals surface area contributed by atoms with Crippen molar-refractivity contribution in [2.75, 3.05) is 33.9 Å². The molecule has 0 saturated carbocycles. The molecule has 1 aromatic heterocycles. The van der Waals surface area contributed by atoms with E-state index < -0.39 is 5.54 Å². The Morgan fingerprint density at radius 1 is 0.868 bits per heavy atom. The summed E-state index contributed by atoms with van der Waals surface area (Å²) in [6.07, 6.45) is 2.18. The van der Waals surface area contributed by atoms with Crippen LogP contribution in [0.2, 0.25) is 0 Å². The van der Waals surface area contributed by atoms with Gasteiger partial charge in [-0.2, -0.15) is 0 Å². The van der Waals surface area contributed by atoms with Crippen LogP contribution in [0.25, 0.3) is 0 Å². The summed E-state index contributed by atoms with van der Waals surface area (Å²) in [5.41, 5.74) is 1.42. The smallest absolute Gasteiger partial charge is 0.249 e. The van der Waals surface area contributed by atoms with Gasteiger partial charge in [-0.1, -0.05) is 36.4 Å². The van der Waals surface area contributed by atoms with Crippen LogP contribution >= 0.6 is 0 Å². The highest BCUT2D eigenvalue weighted by atomic mass is 16.5. The molecule has 0 aliphatic heterocycles. The molecule has 3 rings (SSSR count). The summed E-state index contributed by atoms with van der Waals surface area (Å²) in [4.78, 5) is 30.0. The molecule has 204 valence electrons. The fourth-order valence-electron chi connectivity index (χ4n) is 4.03. The van der Waals surface area contributed by atoms with Gasteiger partial charge in [-0.25, -0.2) is 0 Å². The van der Waals surface area contributed by atoms with Crippen molar-refractivity contribution in [3.05, 3.63) is 83.8 Å². The number of rotatable bonds is 13. The van der Waals surface area contributed by atoms with Crippen molar-refractivity contribution in [1.82, 2.24) is 9.80 Å². The van der Waals surface area contributed by atoms with Crippen LogP contribution in [0.1, 0.15) is 37.7 Å². The van der Waals surface area contributed by atoms with Crippen LogP contribution in [-0.2, 0) is 33.9 Å². The van der Waals surface area contributed by atoms with Gasteiger partial charge >= 0.3 is 0 Å². The number of nitrogens with zero attached hydrogens (tertiary/aromatic N) is 2. The van der Waals surface area contributed by atoms with Gasteiger partial charge in [-0.15, -0.1) is 0 Å². The molecule has 0 atom stereocenters. The Bertz CT molecular complexity index is 1160. The van der Waals surface area contributed by atoms with E-state index in [1.165, 1.54) is 0 Å². The van der Waals surface area contributed by atoms with Gasteiger partial charge in [0.15, 0.2) is 11.5 Å². The zero-order chi connectivity index (χ0) is 27.5. The molecule has 0 aliphatic rings. The monoisotopic (exact) mass is 522 g/mol. The number of carbonyl (C=O) groups is 2. The molecule has 8 nitrogen and oxygen atoms in total. The number of benzene rings is 2. The predicted octanol–water partition coefficient (Wildman–Crippen LogP) is 4.71. The van der Waals surface area contributed by atoms with Crippen LogP contribution < -0.4 is 9.47 Å². The van der Waals surface area contributed by atoms with Crippen molar-refractivity contribution >= 4 is 11.8 Å². The van der Waals surface area contributed by atoms with Gasteiger partial charge in [-0.05, 0) is 62.6 Å². The van der Waals surface area contributed by atoms with E-state index in [0.717, 1.165) is 11.1 Å². The Kier molecular flexibility index (Phi) is 10.4. The van der Waals surface area contributed by atoms with E-state index in [2.05, 4.69) is 0 Å². The number of furan rings is 1. The molecule has 8 heteroatoms. The number of hydrogen-bond acceptors (Lipinski definition) is 6. The summed E-state index contributed by atoms with van der Waals surface area (Å²) < 4.78 is 21.9. The van der Waals surface area contributed by atoms with Gasteiger partial charge in [0.05, 0.1) is 33.6 Å². The Balaban J connectivity index is 1.69. The number of carbonyl (C=O) groups excluding carboxylic acids is 2. The van der Waals surface area contributed by atoms with Crippen molar-refractivity contribution in [2.45, 2.75) is 45.9 Å². The minimum atomic E-state index is -0.567. The average molecular weight is 523 g/mol. The van der Waals surface area contributed by atoms with E-state index in [-0.39, 0.29) is 25.0 Å². The van der Waals surface area contributed by atoms with Crippen LogP contribution in [0, 0.1) is 0 Å². The highest BCUT2D eigenvalue weighted by Gasteiger charge is 2.30. The molecular weight excluding hydrogens is 484 g/mol. The minimum Gasteiger partial charge on any atom is -0.493 e. The first-order chi connectivity index (χ1) is 18.2. The van der Waals surface area contributed by atoms with Crippen molar-refractivity contribution in [1.29, 1.82) is 0 Å². The molecule has 0 spiro atoms. The Labute approximate surface area is 225 Å². The summed E-state index contributed by atoms with van der Waals surface area (Å²) in [6.45, 7) is 6.63. The second kappa shape index (κ2) is 13.7. The fourth-order valence-corrected chi connectivity index (χ4v) is 4.03. The van der Waals surface area contributed by atoms with E-state index in [9.17, 15) is 9.59 Å². The first kappa shape index (κ1) is 28.8. The maximum atomic E-state index is 13.6. The SMILES string of the molecule is COc1ccc(CCN(Cc2ccco2)C(=O)CN(C(=O)COCc2ccccc2)C(C)(C)C)cc1OC. The van der Waals surface area contributed by atoms with Crippen molar-refractivity contribution in [3.8, 4) is 11.5 Å². The molecule has 3 aromatic rings. The van der Waals surface area contributed by atoms with Crippen LogP contribution in [0.15, 0.2) is 71.3 Å². The lowest BCUT2D eigenvalue weighted by Gasteiger charge is -2.36. The van der Waals surface area contributed by atoms with Gasteiger partial charge in [-0.3, -0.25) is 9.59 Å². The van der Waals surface area contributed by atoms with Crippen LogP contribution in [0.3, 0.4) is 0 Å². The number of methoxy groups -OCH3 is 2. The van der Waals surface area contributed by atoms with E-state index in [1.807, 2.05) is 75.4 Å². The Morgan fingerprint density at radius 3 is 2.24 bits per heavy atom. The average Bonchev–Trinajstić information content (AvgIpc) is 3.42. The lowest BCUT2D eigenvalue weighted by Crippen LogP contribution is -2.52. The minimum absolute atomic E-state index is 0.0658. The maximum absolute atomic E-state index is 13.6. The summed E-state index contributed by atoms with van der Waals surface area (Å²) in [5, 5.41) is 0. The molecule has 2 aromatic carbocycles. The van der Waals surface area contributed by atoms with Gasteiger partial charge in [0.1, 0.15) is 18.9 Å². The van der Waals surface area contributed by atoms with E-state index in [4.69, 9.17) is 18.6 Å². The molecule has 0 N–H and O–H groups in total. The van der Waals surface area contributed by atoms with Crippen molar-refractivity contribution in [3.63, 3.8) is 0 Å². The van der Waals surface area contributed by atoms with Gasteiger partial charge in [0.25, 0.3) is 0 Å². The Hall–Kier alpha value is -3.78. The molecule has 0 fully saturated rings. The second-order valence-corrected chi connectivity index (χ2v) is 9.96. The zero-order valence-corrected chi connectivity index (χ0v) is 22.9. The second-order valence-electron chi connectivity index (χ2n) is 9.96. The summed E-state index contributed by atoms with van der Waals surface area (Å²) in [7, 11) is 3.19. The first-order valence-corrected chi connectivity index (χ1v) is 12.6. The first-order valence-electron chi connectivity index (χ1n) is 12.6. The quantitative estimate of drug-likeness (QED) is 0.323. The lowest BCUT2D eigenvalue weighted by atomic mass is 10.1. The summed E-state index contributed by atoms with van der Waals surface area (Å²) in [6, 6.07) is 19.0. The molecular formula is C30H38N2O6. The van der Waals surface area contributed by atoms with Crippen LogP contribution in [0.5, 0.6) is 11.5 Å². The number of hydrogen-bond donors (Lipinski definition) is 0. The summed E-state index contributed by atoms with van der Waals surface area (Å²) in [5.74, 6) is 1.54. The molecule has 0 bridgehead atoms. The van der Waals surface area contributed by atoms with Crippen LogP contribution in [0.4, 0.5) is 0 Å². The lowest BCUT2D eigenvalue weighted by molar-refractivity contribution is -0.148. The fraction of sp³-hybridized carbons (Fsp3) is 0.400. The van der Waals surface area contributed by atoms with Gasteiger partial charge < -0.3 is 28.4 Å². The molecule has 38 heavy (non-hydrogen) atoms. The van der Waals surface area contributed by atoms with E-state index in [1.54, 1.807) is 36.3 Å².